The van der Waals surface area contributed by atoms with Gasteiger partial charge >= 0.3 is 0 Å². The van der Waals surface area contributed by atoms with Gasteiger partial charge in [0.05, 0.1) is 0 Å². The maximum absolute atomic E-state index is 5.75. The van der Waals surface area contributed by atoms with Gasteiger partial charge in [-0.1, -0.05) is 53.7 Å². The zero-order valence-corrected chi connectivity index (χ0v) is 18.1. The Morgan fingerprint density at radius 2 is 1.52 bits per heavy atom. The molecule has 25 heavy (non-hydrogen) atoms. The molecule has 0 bridgehead atoms. The van der Waals surface area contributed by atoms with Crippen molar-refractivity contribution in [2.24, 2.45) is 16.6 Å². The van der Waals surface area contributed by atoms with Gasteiger partial charge in [0.2, 0.25) is 0 Å². The van der Waals surface area contributed by atoms with Crippen LogP contribution in [0, 0.1) is 10.8 Å². The van der Waals surface area contributed by atoms with E-state index in [0.29, 0.717) is 0 Å². The predicted octanol–water partition coefficient (Wildman–Crippen LogP) is 5.53. The molecule has 0 unspecified atom stereocenters. The van der Waals surface area contributed by atoms with Crippen LogP contribution in [-0.4, -0.2) is 18.6 Å². The first kappa shape index (κ1) is 20.3. The molecule has 1 aromatic rings. The van der Waals surface area contributed by atoms with Crippen LogP contribution in [0.15, 0.2) is 18.2 Å². The Labute approximate surface area is 156 Å². The molecule has 0 aliphatic carbocycles. The van der Waals surface area contributed by atoms with Crippen LogP contribution in [-0.2, 0) is 11.8 Å². The van der Waals surface area contributed by atoms with Gasteiger partial charge < -0.3 is 10.6 Å². The fourth-order valence-electron chi connectivity index (χ4n) is 5.04. The fourth-order valence-corrected chi connectivity index (χ4v) is 5.04. The minimum atomic E-state index is 0.112. The van der Waals surface area contributed by atoms with E-state index in [9.17, 15) is 0 Å². The Kier molecular flexibility index (Phi) is 5.11. The number of fused-ring (bicyclic) bond motifs is 1. The monoisotopic (exact) mass is 344 g/mol. The Morgan fingerprint density at radius 3 is 1.96 bits per heavy atom. The van der Waals surface area contributed by atoms with E-state index in [2.05, 4.69) is 85.4 Å². The number of nitrogens with zero attached hydrogens (tertiary/aromatic N) is 1. The molecule has 0 saturated heterocycles. The van der Waals surface area contributed by atoms with Crippen LogP contribution < -0.4 is 10.6 Å². The summed E-state index contributed by atoms with van der Waals surface area (Å²) in [5, 5.41) is 0. The van der Waals surface area contributed by atoms with E-state index >= 15 is 0 Å². The first-order chi connectivity index (χ1) is 11.3. The van der Waals surface area contributed by atoms with Gasteiger partial charge in [0, 0.05) is 23.2 Å². The molecule has 2 rings (SSSR count). The number of aryl methyl sites for hydroxylation is 1. The van der Waals surface area contributed by atoms with Gasteiger partial charge in [-0.15, -0.1) is 0 Å². The third-order valence-electron chi connectivity index (χ3n) is 6.25. The van der Waals surface area contributed by atoms with E-state index in [-0.39, 0.29) is 21.8 Å². The molecule has 1 aromatic carbocycles. The van der Waals surface area contributed by atoms with E-state index in [1.807, 2.05) is 0 Å². The lowest BCUT2D eigenvalue weighted by Gasteiger charge is -2.53. The van der Waals surface area contributed by atoms with Crippen molar-refractivity contribution < 1.29 is 0 Å². The third-order valence-corrected chi connectivity index (χ3v) is 6.25. The van der Waals surface area contributed by atoms with Gasteiger partial charge in [-0.2, -0.15) is 0 Å². The summed E-state index contributed by atoms with van der Waals surface area (Å²) in [4.78, 5) is 2.63. The molecule has 2 heteroatoms. The molecule has 2 nitrogen and oxygen atoms in total. The number of benzene rings is 1. The number of anilines is 1. The summed E-state index contributed by atoms with van der Waals surface area (Å²) in [5.74, 6) is 0. The molecule has 0 aromatic heterocycles. The molecule has 2 N–H and O–H groups in total. The van der Waals surface area contributed by atoms with Crippen molar-refractivity contribution in [2.75, 3.05) is 18.0 Å². The second-order valence-corrected chi connectivity index (χ2v) is 10.9. The summed E-state index contributed by atoms with van der Waals surface area (Å²) in [6, 6.07) is 7.17. The molecule has 0 saturated carbocycles. The Bertz CT molecular complexity index is 594. The van der Waals surface area contributed by atoms with E-state index in [1.54, 1.807) is 0 Å². The van der Waals surface area contributed by atoms with E-state index in [1.165, 1.54) is 16.8 Å². The lowest BCUT2D eigenvalue weighted by atomic mass is 9.52. The summed E-state index contributed by atoms with van der Waals surface area (Å²) >= 11 is 0. The highest BCUT2D eigenvalue weighted by atomic mass is 15.2. The SMILES string of the molecule is CC(C)(C)N1CC(C(C)(C)C)(C(C)(C)C)c2cc(CCCN)ccc21. The third kappa shape index (κ3) is 3.35. The Morgan fingerprint density at radius 1 is 0.960 bits per heavy atom. The standard InChI is InChI=1S/C23H40N2/c1-20(2,3)23(21(4,5)6)16-25(22(7,8)9)19-13-12-17(11-10-14-24)15-18(19)23/h12-13,15H,10-11,14,16,24H2,1-9H3. The highest BCUT2D eigenvalue weighted by Gasteiger charge is 2.58. The minimum Gasteiger partial charge on any atom is -0.366 e. The quantitative estimate of drug-likeness (QED) is 0.781. The van der Waals surface area contributed by atoms with Crippen molar-refractivity contribution in [3.63, 3.8) is 0 Å². The zero-order valence-electron chi connectivity index (χ0n) is 18.1. The predicted molar refractivity (Wildman–Crippen MR) is 112 cm³/mol. The topological polar surface area (TPSA) is 29.3 Å². The average molecular weight is 345 g/mol. The summed E-state index contributed by atoms with van der Waals surface area (Å²) in [5.41, 5.74) is 10.7. The van der Waals surface area contributed by atoms with Crippen LogP contribution in [0.4, 0.5) is 5.69 Å². The number of hydrogen-bond acceptors (Lipinski definition) is 2. The maximum atomic E-state index is 5.75. The maximum Gasteiger partial charge on any atom is 0.0410 e. The highest BCUT2D eigenvalue weighted by molar-refractivity contribution is 5.66. The molecule has 0 fully saturated rings. The second-order valence-electron chi connectivity index (χ2n) is 10.9. The van der Waals surface area contributed by atoms with Crippen LogP contribution in [0.25, 0.3) is 0 Å². The second kappa shape index (κ2) is 6.30. The van der Waals surface area contributed by atoms with Crippen LogP contribution in [0.2, 0.25) is 0 Å². The largest absolute Gasteiger partial charge is 0.366 e. The van der Waals surface area contributed by atoms with Crippen LogP contribution in [0.3, 0.4) is 0 Å². The molecule has 0 radical (unpaired) electrons. The van der Waals surface area contributed by atoms with Crippen molar-refractivity contribution in [3.05, 3.63) is 29.3 Å². The van der Waals surface area contributed by atoms with E-state index < -0.39 is 0 Å². The van der Waals surface area contributed by atoms with Gasteiger partial charge in [-0.25, -0.2) is 0 Å². The summed E-state index contributed by atoms with van der Waals surface area (Å²) in [6.07, 6.45) is 2.13. The minimum absolute atomic E-state index is 0.112. The first-order valence-electron chi connectivity index (χ1n) is 9.87. The summed E-state index contributed by atoms with van der Waals surface area (Å²) < 4.78 is 0. The van der Waals surface area contributed by atoms with Gasteiger partial charge in [0.25, 0.3) is 0 Å². The van der Waals surface area contributed by atoms with Crippen molar-refractivity contribution in [1.82, 2.24) is 0 Å². The van der Waals surface area contributed by atoms with Crippen molar-refractivity contribution in [1.29, 1.82) is 0 Å². The van der Waals surface area contributed by atoms with Gasteiger partial charge in [-0.05, 0) is 68.2 Å². The lowest BCUT2D eigenvalue weighted by molar-refractivity contribution is 0.0635. The first-order valence-corrected chi connectivity index (χ1v) is 9.87. The molecule has 0 atom stereocenters. The number of hydrogen-bond donors (Lipinski definition) is 1. The number of nitrogens with two attached hydrogens (primary N) is 1. The Balaban J connectivity index is 2.73. The lowest BCUT2D eigenvalue weighted by Crippen LogP contribution is -2.55. The van der Waals surface area contributed by atoms with E-state index in [0.717, 1.165) is 25.9 Å². The van der Waals surface area contributed by atoms with Crippen molar-refractivity contribution >= 4 is 5.69 Å². The molecule has 142 valence electrons. The molecule has 1 heterocycles. The fraction of sp³-hybridized carbons (Fsp3) is 0.739. The Hall–Kier alpha value is -1.02. The van der Waals surface area contributed by atoms with Gasteiger partial charge in [0.1, 0.15) is 0 Å². The normalized spacial score (nSPS) is 17.8. The molecule has 0 amide bonds. The smallest absolute Gasteiger partial charge is 0.0410 e. The molecule has 1 aliphatic heterocycles. The molecular formula is C23H40N2. The van der Waals surface area contributed by atoms with Crippen molar-refractivity contribution in [3.8, 4) is 0 Å². The summed E-state index contributed by atoms with van der Waals surface area (Å²) in [7, 11) is 0. The zero-order chi connectivity index (χ0) is 19.3. The number of rotatable bonds is 3. The highest BCUT2D eigenvalue weighted by Crippen LogP contribution is 2.60. The molecule has 1 aliphatic rings. The van der Waals surface area contributed by atoms with Crippen molar-refractivity contribution in [2.45, 2.75) is 86.1 Å². The van der Waals surface area contributed by atoms with Gasteiger partial charge in [0.15, 0.2) is 0 Å². The van der Waals surface area contributed by atoms with Gasteiger partial charge in [-0.3, -0.25) is 0 Å². The average Bonchev–Trinajstić information content (AvgIpc) is 2.79. The molecular weight excluding hydrogens is 304 g/mol. The van der Waals surface area contributed by atoms with Crippen LogP contribution in [0.5, 0.6) is 0 Å². The summed E-state index contributed by atoms with van der Waals surface area (Å²) in [6.45, 7) is 23.3. The molecule has 0 spiro atoms. The van der Waals surface area contributed by atoms with E-state index in [4.69, 9.17) is 5.73 Å². The van der Waals surface area contributed by atoms with Crippen LogP contribution >= 0.6 is 0 Å². The van der Waals surface area contributed by atoms with Crippen LogP contribution in [0.1, 0.15) is 79.9 Å².